The van der Waals surface area contributed by atoms with Gasteiger partial charge in [0.1, 0.15) is 5.60 Å². The summed E-state index contributed by atoms with van der Waals surface area (Å²) in [4.78, 5) is 33.9. The third-order valence-electron chi connectivity index (χ3n) is 3.86. The number of hydrogen-bond donors (Lipinski definition) is 3. The van der Waals surface area contributed by atoms with Crippen LogP contribution in [0.25, 0.3) is 0 Å². The first-order valence-electron chi connectivity index (χ1n) is 9.46. The van der Waals surface area contributed by atoms with Crippen molar-refractivity contribution in [2.24, 2.45) is 0 Å². The summed E-state index contributed by atoms with van der Waals surface area (Å²) in [5.74, 6) is -0.287. The van der Waals surface area contributed by atoms with Crippen LogP contribution in [0.15, 0.2) is 18.2 Å². The lowest BCUT2D eigenvalue weighted by Gasteiger charge is -2.22. The number of aliphatic carboxylic acids is 1. The first-order valence-corrected chi connectivity index (χ1v) is 9.46. The number of carboxylic acid groups (broad SMARTS) is 1. The Labute approximate surface area is 169 Å². The molecule has 29 heavy (non-hydrogen) atoms. The highest BCUT2D eigenvalue weighted by Crippen LogP contribution is 2.35. The maximum Gasteiger partial charge on any atom is 0.407 e. The molecule has 0 aliphatic carbocycles. The van der Waals surface area contributed by atoms with Gasteiger partial charge in [-0.05, 0) is 51.8 Å². The maximum atomic E-state index is 11.9. The third kappa shape index (κ3) is 7.89. The lowest BCUT2D eigenvalue weighted by Crippen LogP contribution is -2.38. The standard InChI is InChI=1S/C20H28N2O7/c1-12(22-19(26)29-20(2,3)4)9-13-5-6-14-15(10-13)28-18(27-14)11-21-16(23)7-8-17(24)25/h5-6,10,12,18H,7-9,11H2,1-4H3,(H,21,23)(H,22,26)(H,24,25). The monoisotopic (exact) mass is 408 g/mol. The number of carboxylic acids is 1. The van der Waals surface area contributed by atoms with Gasteiger partial charge in [0.25, 0.3) is 6.29 Å². The van der Waals surface area contributed by atoms with E-state index in [4.69, 9.17) is 19.3 Å². The minimum atomic E-state index is -1.02. The Morgan fingerprint density at radius 3 is 2.52 bits per heavy atom. The van der Waals surface area contributed by atoms with Crippen molar-refractivity contribution in [2.75, 3.05) is 6.54 Å². The van der Waals surface area contributed by atoms with Gasteiger partial charge in [-0.2, -0.15) is 0 Å². The van der Waals surface area contributed by atoms with Crippen molar-refractivity contribution < 1.29 is 33.7 Å². The Balaban J connectivity index is 1.81. The Hall–Kier alpha value is -2.97. The zero-order valence-electron chi connectivity index (χ0n) is 17.1. The molecule has 1 aromatic rings. The summed E-state index contributed by atoms with van der Waals surface area (Å²) in [6.07, 6.45) is -0.887. The van der Waals surface area contributed by atoms with Crippen molar-refractivity contribution in [1.29, 1.82) is 0 Å². The van der Waals surface area contributed by atoms with Gasteiger partial charge in [0.05, 0.1) is 13.0 Å². The second-order valence-electron chi connectivity index (χ2n) is 7.90. The van der Waals surface area contributed by atoms with Crippen LogP contribution < -0.4 is 20.1 Å². The van der Waals surface area contributed by atoms with Gasteiger partial charge in [-0.15, -0.1) is 0 Å². The molecular weight excluding hydrogens is 380 g/mol. The van der Waals surface area contributed by atoms with E-state index in [9.17, 15) is 14.4 Å². The molecule has 0 fully saturated rings. The topological polar surface area (TPSA) is 123 Å². The molecule has 0 saturated carbocycles. The van der Waals surface area contributed by atoms with Gasteiger partial charge in [-0.25, -0.2) is 4.79 Å². The predicted molar refractivity (Wildman–Crippen MR) is 104 cm³/mol. The van der Waals surface area contributed by atoms with Crippen molar-refractivity contribution in [3.8, 4) is 11.5 Å². The highest BCUT2D eigenvalue weighted by molar-refractivity contribution is 5.80. The predicted octanol–water partition coefficient (Wildman–Crippen LogP) is 2.22. The van der Waals surface area contributed by atoms with Gasteiger partial charge in [-0.3, -0.25) is 9.59 Å². The second kappa shape index (κ2) is 9.49. The van der Waals surface area contributed by atoms with Crippen molar-refractivity contribution >= 4 is 18.0 Å². The Morgan fingerprint density at radius 1 is 1.17 bits per heavy atom. The van der Waals surface area contributed by atoms with Gasteiger partial charge in [0.2, 0.25) is 5.91 Å². The molecule has 9 heteroatoms. The second-order valence-corrected chi connectivity index (χ2v) is 7.90. The normalized spacial score (nSPS) is 16.1. The molecule has 0 bridgehead atoms. The van der Waals surface area contributed by atoms with Gasteiger partial charge in [0.15, 0.2) is 11.5 Å². The maximum absolute atomic E-state index is 11.9. The number of benzene rings is 1. The van der Waals surface area contributed by atoms with Crippen LogP contribution in [0.3, 0.4) is 0 Å². The van der Waals surface area contributed by atoms with Gasteiger partial charge >= 0.3 is 12.1 Å². The number of ether oxygens (including phenoxy) is 3. The van der Waals surface area contributed by atoms with E-state index in [-0.39, 0.29) is 31.3 Å². The molecule has 1 aliphatic rings. The molecule has 0 aromatic heterocycles. The minimum Gasteiger partial charge on any atom is -0.481 e. The summed E-state index contributed by atoms with van der Waals surface area (Å²) in [6, 6.07) is 5.34. The molecule has 1 aliphatic heterocycles. The fourth-order valence-corrected chi connectivity index (χ4v) is 2.68. The largest absolute Gasteiger partial charge is 0.481 e. The van der Waals surface area contributed by atoms with Crippen molar-refractivity contribution in [2.45, 2.75) is 64.9 Å². The SMILES string of the molecule is CC(Cc1ccc2c(c1)OC(CNC(=O)CCC(=O)O)O2)NC(=O)OC(C)(C)C. The van der Waals surface area contributed by atoms with E-state index in [0.717, 1.165) is 5.56 Å². The summed E-state index contributed by atoms with van der Waals surface area (Å²) >= 11 is 0. The molecule has 0 radical (unpaired) electrons. The number of nitrogens with one attached hydrogen (secondary N) is 2. The first-order chi connectivity index (χ1) is 13.5. The Morgan fingerprint density at radius 2 is 1.86 bits per heavy atom. The molecule has 2 unspecified atom stereocenters. The Bertz CT molecular complexity index is 758. The molecule has 2 amide bonds. The minimum absolute atomic E-state index is 0.0955. The lowest BCUT2D eigenvalue weighted by molar-refractivity contribution is -0.138. The van der Waals surface area contributed by atoms with Crippen LogP contribution in [-0.4, -0.2) is 47.6 Å². The third-order valence-corrected chi connectivity index (χ3v) is 3.86. The van der Waals surface area contributed by atoms with E-state index in [2.05, 4.69) is 10.6 Å². The average molecular weight is 408 g/mol. The zero-order valence-corrected chi connectivity index (χ0v) is 17.1. The van der Waals surface area contributed by atoms with E-state index in [1.54, 1.807) is 26.8 Å². The number of amides is 2. The fourth-order valence-electron chi connectivity index (χ4n) is 2.68. The van der Waals surface area contributed by atoms with Crippen molar-refractivity contribution in [3.63, 3.8) is 0 Å². The Kier molecular flexibility index (Phi) is 7.30. The van der Waals surface area contributed by atoms with Crippen LogP contribution in [0.2, 0.25) is 0 Å². The van der Waals surface area contributed by atoms with Crippen molar-refractivity contribution in [3.05, 3.63) is 23.8 Å². The molecule has 9 nitrogen and oxygen atoms in total. The van der Waals surface area contributed by atoms with Crippen LogP contribution >= 0.6 is 0 Å². The van der Waals surface area contributed by atoms with E-state index < -0.39 is 24.0 Å². The van der Waals surface area contributed by atoms with E-state index in [1.807, 2.05) is 19.1 Å². The number of alkyl carbamates (subject to hydrolysis) is 1. The molecule has 1 heterocycles. The van der Waals surface area contributed by atoms with Gasteiger partial charge in [0, 0.05) is 12.5 Å². The van der Waals surface area contributed by atoms with E-state index >= 15 is 0 Å². The smallest absolute Gasteiger partial charge is 0.407 e. The summed E-state index contributed by atoms with van der Waals surface area (Å²) in [5.41, 5.74) is 0.391. The average Bonchev–Trinajstić information content (AvgIpc) is 2.98. The first kappa shape index (κ1) is 22.3. The fraction of sp³-hybridized carbons (Fsp3) is 0.550. The molecule has 3 N–H and O–H groups in total. The summed E-state index contributed by atoms with van der Waals surface area (Å²) in [5, 5.41) is 14.0. The number of rotatable bonds is 8. The molecular formula is C20H28N2O7. The summed E-state index contributed by atoms with van der Waals surface area (Å²) < 4.78 is 16.6. The van der Waals surface area contributed by atoms with Crippen LogP contribution in [-0.2, 0) is 20.7 Å². The summed E-state index contributed by atoms with van der Waals surface area (Å²) in [7, 11) is 0. The quantitative estimate of drug-likeness (QED) is 0.603. The highest BCUT2D eigenvalue weighted by atomic mass is 16.7. The molecule has 2 atom stereocenters. The highest BCUT2D eigenvalue weighted by Gasteiger charge is 2.25. The van der Waals surface area contributed by atoms with Crippen LogP contribution in [0.1, 0.15) is 46.1 Å². The number of carbonyl (C=O) groups excluding carboxylic acids is 2. The van der Waals surface area contributed by atoms with E-state index in [0.29, 0.717) is 17.9 Å². The van der Waals surface area contributed by atoms with Crippen LogP contribution in [0.4, 0.5) is 4.79 Å². The van der Waals surface area contributed by atoms with Gasteiger partial charge in [-0.1, -0.05) is 6.07 Å². The van der Waals surface area contributed by atoms with E-state index in [1.165, 1.54) is 0 Å². The molecule has 2 rings (SSSR count). The lowest BCUT2D eigenvalue weighted by atomic mass is 10.1. The number of fused-ring (bicyclic) bond motifs is 1. The number of carbonyl (C=O) groups is 3. The molecule has 1 aromatic carbocycles. The molecule has 160 valence electrons. The zero-order chi connectivity index (χ0) is 21.6. The van der Waals surface area contributed by atoms with Crippen LogP contribution in [0, 0.1) is 0 Å². The summed E-state index contributed by atoms with van der Waals surface area (Å²) in [6.45, 7) is 7.41. The molecule has 0 saturated heterocycles. The number of hydrogen-bond acceptors (Lipinski definition) is 6. The van der Waals surface area contributed by atoms with Crippen LogP contribution in [0.5, 0.6) is 11.5 Å². The molecule has 0 spiro atoms. The van der Waals surface area contributed by atoms with Gasteiger partial charge < -0.3 is 30.0 Å². The van der Waals surface area contributed by atoms with Crippen molar-refractivity contribution in [1.82, 2.24) is 10.6 Å².